The average molecular weight is 476 g/mol. The minimum absolute atomic E-state index is 0. The number of nitrogens with one attached hydrogen (secondary N) is 2. The van der Waals surface area contributed by atoms with E-state index in [4.69, 9.17) is 4.74 Å². The molecule has 4 fully saturated rings. The van der Waals surface area contributed by atoms with Crippen LogP contribution in [0.1, 0.15) is 76.8 Å². The van der Waals surface area contributed by atoms with Crippen LogP contribution in [-0.4, -0.2) is 40.1 Å². The van der Waals surface area contributed by atoms with Gasteiger partial charge in [0, 0.05) is 30.6 Å². The first kappa shape index (κ1) is 24.3. The molecule has 2 N–H and O–H groups in total. The first-order valence-electron chi connectivity index (χ1n) is 12.3. The third kappa shape index (κ3) is 4.88. The lowest BCUT2D eigenvalue weighted by Crippen LogP contribution is -2.66. The van der Waals surface area contributed by atoms with Gasteiger partial charge in [-0.05, 0) is 75.3 Å². The molecule has 1 aromatic rings. The number of hydrogen-bond donors (Lipinski definition) is 2. The Hall–Kier alpha value is -1.79. The van der Waals surface area contributed by atoms with Crippen LogP contribution in [0.5, 0.6) is 0 Å². The maximum absolute atomic E-state index is 13.0. The number of hydrogen-bond acceptors (Lipinski definition) is 4. The van der Waals surface area contributed by atoms with Gasteiger partial charge in [0.1, 0.15) is 5.60 Å². The van der Waals surface area contributed by atoms with Crippen molar-refractivity contribution in [1.29, 1.82) is 0 Å². The molecular formula is C26H38ClN3O3. The van der Waals surface area contributed by atoms with Gasteiger partial charge in [-0.15, -0.1) is 12.4 Å². The summed E-state index contributed by atoms with van der Waals surface area (Å²) in [6, 6.07) is 8.30. The molecule has 1 aliphatic heterocycles. The van der Waals surface area contributed by atoms with Crippen LogP contribution in [0.25, 0.3) is 0 Å². The fourth-order valence-corrected chi connectivity index (χ4v) is 6.98. The molecule has 4 saturated carbocycles. The second-order valence-electron chi connectivity index (χ2n) is 11.5. The van der Waals surface area contributed by atoms with Crippen molar-refractivity contribution in [2.24, 2.45) is 11.8 Å². The van der Waals surface area contributed by atoms with E-state index in [-0.39, 0.29) is 35.5 Å². The Balaban J connectivity index is 0.00000259. The van der Waals surface area contributed by atoms with Gasteiger partial charge in [-0.1, -0.05) is 31.2 Å². The number of alkyl carbamates (subject to hydrolysis) is 1. The topological polar surface area (TPSA) is 70.7 Å². The minimum atomic E-state index is -0.391. The van der Waals surface area contributed by atoms with Crippen LogP contribution in [0.3, 0.4) is 0 Å². The first-order chi connectivity index (χ1) is 15.2. The third-order valence-electron chi connectivity index (χ3n) is 8.45. The molecule has 1 heterocycles. The Morgan fingerprint density at radius 3 is 2.27 bits per heavy atom. The molecule has 0 aromatic heterocycles. The van der Waals surface area contributed by atoms with Crippen LogP contribution >= 0.6 is 12.4 Å². The average Bonchev–Trinajstić information content (AvgIpc) is 3.14. The highest BCUT2D eigenvalue weighted by atomic mass is 35.5. The van der Waals surface area contributed by atoms with E-state index in [0.717, 1.165) is 38.5 Å². The normalized spacial score (nSPS) is 31.7. The zero-order valence-corrected chi connectivity index (χ0v) is 20.9. The van der Waals surface area contributed by atoms with Crippen molar-refractivity contribution in [2.75, 3.05) is 6.54 Å². The molecular weight excluding hydrogens is 438 g/mol. The highest BCUT2D eigenvalue weighted by Gasteiger charge is 2.59. The van der Waals surface area contributed by atoms with Crippen LogP contribution in [0.2, 0.25) is 0 Å². The molecule has 6 rings (SSSR count). The molecule has 5 aliphatic rings. The molecule has 2 amide bonds. The van der Waals surface area contributed by atoms with Gasteiger partial charge in [0.2, 0.25) is 5.91 Å². The number of halogens is 1. The minimum Gasteiger partial charge on any atom is -0.443 e. The smallest absolute Gasteiger partial charge is 0.408 e. The van der Waals surface area contributed by atoms with E-state index in [0.29, 0.717) is 31.5 Å². The summed E-state index contributed by atoms with van der Waals surface area (Å²) >= 11 is 0. The lowest BCUT2D eigenvalue weighted by Gasteiger charge is -2.61. The molecule has 2 atom stereocenters. The van der Waals surface area contributed by atoms with Gasteiger partial charge in [-0.25, -0.2) is 4.79 Å². The Bertz CT molecular complexity index is 879. The number of ether oxygens (including phenoxy) is 1. The van der Waals surface area contributed by atoms with Crippen LogP contribution in [-0.2, 0) is 22.6 Å². The Labute approximate surface area is 203 Å². The van der Waals surface area contributed by atoms with Gasteiger partial charge in [0.25, 0.3) is 0 Å². The van der Waals surface area contributed by atoms with Crippen LogP contribution in [0.4, 0.5) is 4.79 Å². The summed E-state index contributed by atoms with van der Waals surface area (Å²) in [5.74, 6) is 1.30. The predicted octanol–water partition coefficient (Wildman–Crippen LogP) is 4.55. The summed E-state index contributed by atoms with van der Waals surface area (Å²) in [6.45, 7) is 7.89. The zero-order chi connectivity index (χ0) is 22.6. The van der Waals surface area contributed by atoms with Crippen molar-refractivity contribution in [1.82, 2.24) is 15.5 Å². The first-order valence-corrected chi connectivity index (χ1v) is 12.3. The summed E-state index contributed by atoms with van der Waals surface area (Å²) in [4.78, 5) is 27.7. The number of carbonyl (C=O) groups excluding carboxylic acids is 2. The van der Waals surface area contributed by atoms with Crippen molar-refractivity contribution in [2.45, 2.75) is 95.5 Å². The number of fused-ring (bicyclic) bond motifs is 1. The molecule has 4 aliphatic carbocycles. The molecule has 7 heteroatoms. The van der Waals surface area contributed by atoms with Gasteiger partial charge in [-0.2, -0.15) is 0 Å². The summed E-state index contributed by atoms with van der Waals surface area (Å²) in [7, 11) is 0. The molecule has 4 bridgehead atoms. The fourth-order valence-electron chi connectivity index (χ4n) is 6.98. The summed E-state index contributed by atoms with van der Waals surface area (Å²) in [5.41, 5.74) is 1.76. The van der Waals surface area contributed by atoms with Gasteiger partial charge in [-0.3, -0.25) is 4.79 Å². The second kappa shape index (κ2) is 8.77. The van der Waals surface area contributed by atoms with E-state index in [1.165, 1.54) is 17.5 Å². The lowest BCUT2D eigenvalue weighted by atomic mass is 9.51. The summed E-state index contributed by atoms with van der Waals surface area (Å²) in [6.07, 6.45) is 6.71. The van der Waals surface area contributed by atoms with E-state index < -0.39 is 5.60 Å². The van der Waals surface area contributed by atoms with E-state index >= 15 is 0 Å². The monoisotopic (exact) mass is 475 g/mol. The highest BCUT2D eigenvalue weighted by molar-refractivity contribution is 5.85. The van der Waals surface area contributed by atoms with E-state index in [2.05, 4.69) is 29.7 Å². The maximum atomic E-state index is 13.0. The van der Waals surface area contributed by atoms with Gasteiger partial charge >= 0.3 is 6.09 Å². The Morgan fingerprint density at radius 2 is 1.70 bits per heavy atom. The van der Waals surface area contributed by atoms with E-state index in [1.807, 2.05) is 30.9 Å². The van der Waals surface area contributed by atoms with E-state index in [1.54, 1.807) is 0 Å². The van der Waals surface area contributed by atoms with Crippen molar-refractivity contribution in [3.05, 3.63) is 35.4 Å². The Kier molecular flexibility index (Phi) is 6.47. The van der Waals surface area contributed by atoms with Crippen molar-refractivity contribution in [3.63, 3.8) is 0 Å². The highest BCUT2D eigenvalue weighted by Crippen LogP contribution is 2.58. The molecule has 1 aromatic carbocycles. The third-order valence-corrected chi connectivity index (χ3v) is 8.45. The maximum Gasteiger partial charge on any atom is 0.408 e. The SMILES string of the molecule is CCC(C)(C)NC(=O)OC12CC3CC(CC(NCC(=O)N4Cc5ccccc5C4)(C3)C1)C2.Cl. The summed E-state index contributed by atoms with van der Waals surface area (Å²) in [5, 5.41) is 6.73. The van der Waals surface area contributed by atoms with Crippen molar-refractivity contribution in [3.8, 4) is 0 Å². The van der Waals surface area contributed by atoms with Crippen molar-refractivity contribution >= 4 is 24.4 Å². The molecule has 6 nitrogen and oxygen atoms in total. The molecule has 33 heavy (non-hydrogen) atoms. The number of nitrogens with zero attached hydrogens (tertiary/aromatic N) is 1. The second-order valence-corrected chi connectivity index (χ2v) is 11.5. The zero-order valence-electron chi connectivity index (χ0n) is 20.1. The molecule has 182 valence electrons. The standard InChI is InChI=1S/C26H37N3O3.ClH/c1-4-24(2,3)28-23(31)32-26-12-18-9-19(13-26)11-25(10-18,17-26)27-14-22(30)29-15-20-7-5-6-8-21(20)16-29;/h5-8,18-19,27H,4,9-17H2,1-3H3,(H,28,31);1H. The van der Waals surface area contributed by atoms with Gasteiger partial charge < -0.3 is 20.3 Å². The number of benzene rings is 1. The van der Waals surface area contributed by atoms with Gasteiger partial charge in [0.15, 0.2) is 0 Å². The van der Waals surface area contributed by atoms with E-state index in [9.17, 15) is 9.59 Å². The van der Waals surface area contributed by atoms with Crippen LogP contribution < -0.4 is 10.6 Å². The molecule has 0 radical (unpaired) electrons. The number of rotatable bonds is 6. The molecule has 2 unspecified atom stereocenters. The molecule has 0 spiro atoms. The number of amides is 2. The summed E-state index contributed by atoms with van der Waals surface area (Å²) < 4.78 is 6.18. The van der Waals surface area contributed by atoms with Crippen molar-refractivity contribution < 1.29 is 14.3 Å². The predicted molar refractivity (Wildman–Crippen MR) is 130 cm³/mol. The fraction of sp³-hybridized carbons (Fsp3) is 0.692. The largest absolute Gasteiger partial charge is 0.443 e. The lowest BCUT2D eigenvalue weighted by molar-refractivity contribution is -0.149. The van der Waals surface area contributed by atoms with Gasteiger partial charge in [0.05, 0.1) is 6.54 Å². The Morgan fingerprint density at radius 1 is 1.09 bits per heavy atom. The molecule has 0 saturated heterocycles. The quantitative estimate of drug-likeness (QED) is 0.633. The number of carbonyl (C=O) groups is 2. The van der Waals surface area contributed by atoms with Crippen LogP contribution in [0.15, 0.2) is 24.3 Å². The van der Waals surface area contributed by atoms with Crippen LogP contribution in [0, 0.1) is 11.8 Å².